The Morgan fingerprint density at radius 1 is 1.44 bits per heavy atom. The average molecular weight is 241 g/mol. The molecule has 0 aliphatic carbocycles. The second-order valence-corrected chi connectivity index (χ2v) is 3.52. The minimum Gasteiger partial charge on any atom is -0.388 e. The zero-order chi connectivity index (χ0) is 11.7. The topological polar surface area (TPSA) is 99.2 Å². The number of hydrogen-bond donors (Lipinski definition) is 3. The van der Waals surface area contributed by atoms with Crippen LogP contribution in [0.1, 0.15) is 0 Å². The first-order valence-corrected chi connectivity index (χ1v) is 4.74. The largest absolute Gasteiger partial charge is 0.441 e. The van der Waals surface area contributed by atoms with Crippen LogP contribution in [0.15, 0.2) is 33.5 Å². The fourth-order valence-electron chi connectivity index (χ4n) is 1.23. The van der Waals surface area contributed by atoms with E-state index in [4.69, 9.17) is 23.2 Å². The van der Waals surface area contributed by atoms with E-state index in [1.54, 1.807) is 24.3 Å². The van der Waals surface area contributed by atoms with Crippen molar-refractivity contribution in [1.29, 1.82) is 0 Å². The normalized spacial score (nSPS) is 10.3. The fourth-order valence-corrected chi connectivity index (χ4v) is 1.42. The third-order valence-electron chi connectivity index (χ3n) is 1.96. The Kier molecular flexibility index (Phi) is 2.49. The molecule has 2 aromatic rings. The summed E-state index contributed by atoms with van der Waals surface area (Å²) in [6.07, 6.45) is 0. The van der Waals surface area contributed by atoms with Gasteiger partial charge in [-0.25, -0.2) is 4.79 Å². The number of nitrogens with one attached hydrogen (secondary N) is 1. The number of halogens is 1. The molecular formula is C9H9ClN4O2. The predicted octanol–water partition coefficient (Wildman–Crippen LogP) is 1.13. The van der Waals surface area contributed by atoms with Crippen molar-refractivity contribution in [2.24, 2.45) is 0 Å². The van der Waals surface area contributed by atoms with E-state index in [0.29, 0.717) is 10.7 Å². The van der Waals surface area contributed by atoms with Gasteiger partial charge in [0.05, 0.1) is 0 Å². The van der Waals surface area contributed by atoms with Crippen LogP contribution in [-0.2, 0) is 0 Å². The Bertz CT molecular complexity index is 575. The Labute approximate surface area is 95.4 Å². The van der Waals surface area contributed by atoms with Crippen LogP contribution in [0.2, 0.25) is 5.02 Å². The van der Waals surface area contributed by atoms with Crippen LogP contribution >= 0.6 is 11.6 Å². The molecule has 7 heteroatoms. The quantitative estimate of drug-likeness (QED) is 0.684. The van der Waals surface area contributed by atoms with Crippen molar-refractivity contribution in [1.82, 2.24) is 4.68 Å². The number of nitrogens with two attached hydrogens (primary N) is 2. The van der Waals surface area contributed by atoms with Gasteiger partial charge in [0.15, 0.2) is 5.82 Å². The monoisotopic (exact) mass is 240 g/mol. The molecule has 0 amide bonds. The molecule has 6 nitrogen and oxygen atoms in total. The molecule has 84 valence electrons. The maximum Gasteiger partial charge on any atom is 0.441 e. The van der Waals surface area contributed by atoms with E-state index in [0.717, 1.165) is 4.68 Å². The molecule has 0 aliphatic heterocycles. The van der Waals surface area contributed by atoms with Gasteiger partial charge in [0.25, 0.3) is 0 Å². The molecule has 0 bridgehead atoms. The lowest BCUT2D eigenvalue weighted by Gasteiger charge is -2.05. The van der Waals surface area contributed by atoms with Gasteiger partial charge in [0, 0.05) is 10.7 Å². The number of nitrogen functional groups attached to an aromatic ring is 2. The van der Waals surface area contributed by atoms with Gasteiger partial charge in [0.2, 0.25) is 5.88 Å². The van der Waals surface area contributed by atoms with E-state index in [2.05, 4.69) is 9.73 Å². The summed E-state index contributed by atoms with van der Waals surface area (Å²) >= 11 is 5.80. The van der Waals surface area contributed by atoms with Gasteiger partial charge in [-0.15, -0.1) is 0 Å². The molecule has 0 aliphatic rings. The minimum atomic E-state index is -0.734. The smallest absolute Gasteiger partial charge is 0.388 e. The maximum atomic E-state index is 11.0. The van der Waals surface area contributed by atoms with E-state index < -0.39 is 5.76 Å². The third-order valence-corrected chi connectivity index (χ3v) is 2.19. The number of hydrogen-bond acceptors (Lipinski definition) is 5. The average Bonchev–Trinajstić information content (AvgIpc) is 2.45. The Balaban J connectivity index is 2.37. The van der Waals surface area contributed by atoms with Crippen LogP contribution in [0.25, 0.3) is 0 Å². The van der Waals surface area contributed by atoms with Crippen LogP contribution < -0.4 is 22.6 Å². The molecule has 16 heavy (non-hydrogen) atoms. The molecule has 0 radical (unpaired) electrons. The van der Waals surface area contributed by atoms with Crippen LogP contribution in [0.4, 0.5) is 17.4 Å². The van der Waals surface area contributed by atoms with Gasteiger partial charge in [-0.05, 0) is 18.2 Å². The summed E-state index contributed by atoms with van der Waals surface area (Å²) in [4.78, 5) is 11.0. The molecule has 5 N–H and O–H groups in total. The molecule has 0 saturated heterocycles. The summed E-state index contributed by atoms with van der Waals surface area (Å²) in [6, 6.07) is 6.89. The van der Waals surface area contributed by atoms with Crippen molar-refractivity contribution in [3.05, 3.63) is 39.8 Å². The van der Waals surface area contributed by atoms with Gasteiger partial charge in [-0.2, -0.15) is 4.68 Å². The summed E-state index contributed by atoms with van der Waals surface area (Å²) in [6.45, 7) is 0. The summed E-state index contributed by atoms with van der Waals surface area (Å²) in [7, 11) is 0. The number of benzene rings is 1. The first-order chi connectivity index (χ1) is 7.58. The number of aromatic nitrogens is 1. The van der Waals surface area contributed by atoms with Crippen LogP contribution in [0.3, 0.4) is 0 Å². The van der Waals surface area contributed by atoms with Gasteiger partial charge < -0.3 is 21.3 Å². The number of nitrogens with zero attached hydrogens (tertiary/aromatic N) is 1. The van der Waals surface area contributed by atoms with Crippen molar-refractivity contribution in [2.75, 3.05) is 16.9 Å². The highest BCUT2D eigenvalue weighted by atomic mass is 35.5. The summed E-state index contributed by atoms with van der Waals surface area (Å²) in [5.74, 6) is 4.80. The molecule has 0 saturated carbocycles. The van der Waals surface area contributed by atoms with Crippen LogP contribution in [0.5, 0.6) is 0 Å². The molecule has 1 heterocycles. The van der Waals surface area contributed by atoms with Crippen molar-refractivity contribution >= 4 is 29.0 Å². The Morgan fingerprint density at radius 3 is 2.75 bits per heavy atom. The molecule has 0 atom stereocenters. The summed E-state index contributed by atoms with van der Waals surface area (Å²) in [5.41, 5.74) is 6.12. The second-order valence-electron chi connectivity index (χ2n) is 3.09. The van der Waals surface area contributed by atoms with Crippen molar-refractivity contribution < 1.29 is 4.42 Å². The van der Waals surface area contributed by atoms with Crippen molar-refractivity contribution in [3.63, 3.8) is 0 Å². The fraction of sp³-hybridized carbons (Fsp3) is 0. The summed E-state index contributed by atoms with van der Waals surface area (Å²) in [5, 5.41) is 3.39. The first kappa shape index (κ1) is 10.4. The van der Waals surface area contributed by atoms with Crippen molar-refractivity contribution in [3.8, 4) is 0 Å². The highest BCUT2D eigenvalue weighted by Gasteiger charge is 2.11. The van der Waals surface area contributed by atoms with E-state index in [-0.39, 0.29) is 11.7 Å². The molecular weight excluding hydrogens is 232 g/mol. The van der Waals surface area contributed by atoms with Gasteiger partial charge in [-0.1, -0.05) is 17.7 Å². The maximum absolute atomic E-state index is 11.0. The second kappa shape index (κ2) is 3.82. The lowest BCUT2D eigenvalue weighted by molar-refractivity contribution is 0.516. The minimum absolute atomic E-state index is 0.0764. The standard InChI is InChI=1S/C9H9ClN4O2/c10-5-2-1-3-6(4-5)13-8-7(11)16-9(15)14(8)12/h1-4,13H,11-12H2. The Morgan fingerprint density at radius 2 is 2.19 bits per heavy atom. The van der Waals surface area contributed by atoms with Crippen LogP contribution in [-0.4, -0.2) is 4.68 Å². The first-order valence-electron chi connectivity index (χ1n) is 4.37. The van der Waals surface area contributed by atoms with E-state index in [1.807, 2.05) is 0 Å². The molecule has 2 rings (SSSR count). The van der Waals surface area contributed by atoms with Gasteiger partial charge in [-0.3, -0.25) is 0 Å². The van der Waals surface area contributed by atoms with E-state index in [1.165, 1.54) is 0 Å². The highest BCUT2D eigenvalue weighted by molar-refractivity contribution is 6.30. The van der Waals surface area contributed by atoms with Gasteiger partial charge in [0.1, 0.15) is 0 Å². The predicted molar refractivity (Wildman–Crippen MR) is 62.3 cm³/mol. The van der Waals surface area contributed by atoms with Gasteiger partial charge >= 0.3 is 5.76 Å². The molecule has 0 spiro atoms. The molecule has 0 unspecified atom stereocenters. The lowest BCUT2D eigenvalue weighted by Crippen LogP contribution is -2.23. The Hall–Kier alpha value is -2.08. The van der Waals surface area contributed by atoms with Crippen molar-refractivity contribution in [2.45, 2.75) is 0 Å². The zero-order valence-electron chi connectivity index (χ0n) is 8.11. The highest BCUT2D eigenvalue weighted by Crippen LogP contribution is 2.22. The SMILES string of the molecule is Nc1oc(=O)n(N)c1Nc1cccc(Cl)c1. The van der Waals surface area contributed by atoms with E-state index in [9.17, 15) is 4.79 Å². The molecule has 1 aromatic heterocycles. The molecule has 1 aromatic carbocycles. The summed E-state index contributed by atoms with van der Waals surface area (Å²) < 4.78 is 5.40. The molecule has 0 fully saturated rings. The number of rotatable bonds is 2. The number of oxazole rings is 1. The lowest BCUT2D eigenvalue weighted by atomic mass is 10.3. The van der Waals surface area contributed by atoms with E-state index >= 15 is 0 Å². The third kappa shape index (κ3) is 1.82. The van der Waals surface area contributed by atoms with Crippen LogP contribution in [0, 0.1) is 0 Å². The number of anilines is 3. The zero-order valence-corrected chi connectivity index (χ0v) is 8.86.